The summed E-state index contributed by atoms with van der Waals surface area (Å²) in [6, 6.07) is 9.28. The molecule has 0 saturated heterocycles. The fourth-order valence-corrected chi connectivity index (χ4v) is 2.66. The Morgan fingerprint density at radius 3 is 2.54 bits per heavy atom. The molecule has 1 amide bonds. The minimum atomic E-state index is -0.657. The number of rotatable bonds is 8. The molecule has 0 fully saturated rings. The molecule has 8 nitrogen and oxygen atoms in total. The average molecular weight is 359 g/mol. The van der Waals surface area contributed by atoms with Crippen molar-refractivity contribution in [2.75, 3.05) is 29.0 Å². The van der Waals surface area contributed by atoms with Crippen molar-refractivity contribution >= 4 is 23.1 Å². The van der Waals surface area contributed by atoms with Gasteiger partial charge in [-0.3, -0.25) is 19.1 Å². The van der Waals surface area contributed by atoms with Crippen LogP contribution in [0.5, 0.6) is 0 Å². The van der Waals surface area contributed by atoms with E-state index in [4.69, 9.17) is 5.73 Å². The summed E-state index contributed by atoms with van der Waals surface area (Å²) in [5.74, 6) is -0.295. The molecular weight excluding hydrogens is 334 g/mol. The number of anilines is 3. The molecule has 140 valence electrons. The van der Waals surface area contributed by atoms with Gasteiger partial charge in [-0.15, -0.1) is 0 Å². The standard InChI is InChI=1S/C18H25N5O3/c1-3-5-11-23-16(19)15(17(25)21-18(23)26)22(4-2)14(24)12-20-13-9-7-6-8-10-13/h6-10,20H,3-5,11-12,19H2,1-2H3,(H,21,25,26). The third-order valence-electron chi connectivity index (χ3n) is 4.05. The van der Waals surface area contributed by atoms with Crippen LogP contribution in [0.15, 0.2) is 39.9 Å². The Morgan fingerprint density at radius 1 is 1.23 bits per heavy atom. The maximum absolute atomic E-state index is 12.6. The summed E-state index contributed by atoms with van der Waals surface area (Å²) in [5.41, 5.74) is 5.67. The van der Waals surface area contributed by atoms with Gasteiger partial charge in [-0.05, 0) is 25.5 Å². The van der Waals surface area contributed by atoms with Crippen LogP contribution in [-0.4, -0.2) is 28.5 Å². The van der Waals surface area contributed by atoms with Crippen LogP contribution in [0.25, 0.3) is 0 Å². The second kappa shape index (κ2) is 8.89. The Morgan fingerprint density at radius 2 is 1.92 bits per heavy atom. The van der Waals surface area contributed by atoms with Gasteiger partial charge in [-0.1, -0.05) is 31.5 Å². The number of nitrogens with two attached hydrogens (primary N) is 1. The topological polar surface area (TPSA) is 113 Å². The van der Waals surface area contributed by atoms with E-state index < -0.39 is 11.2 Å². The second-order valence-corrected chi connectivity index (χ2v) is 5.86. The van der Waals surface area contributed by atoms with Crippen molar-refractivity contribution in [3.63, 3.8) is 0 Å². The van der Waals surface area contributed by atoms with Gasteiger partial charge in [0.25, 0.3) is 5.56 Å². The maximum Gasteiger partial charge on any atom is 0.330 e. The zero-order chi connectivity index (χ0) is 19.1. The summed E-state index contributed by atoms with van der Waals surface area (Å²) in [7, 11) is 0. The van der Waals surface area contributed by atoms with E-state index in [9.17, 15) is 14.4 Å². The van der Waals surface area contributed by atoms with Crippen molar-refractivity contribution in [3.05, 3.63) is 51.2 Å². The van der Waals surface area contributed by atoms with Crippen LogP contribution in [0.4, 0.5) is 17.2 Å². The van der Waals surface area contributed by atoms with Crippen LogP contribution in [0, 0.1) is 0 Å². The smallest absolute Gasteiger partial charge is 0.330 e. The highest BCUT2D eigenvalue weighted by molar-refractivity contribution is 5.98. The molecule has 0 aliphatic rings. The van der Waals surface area contributed by atoms with Gasteiger partial charge in [0.1, 0.15) is 5.82 Å². The lowest BCUT2D eigenvalue weighted by atomic mass is 10.3. The van der Waals surface area contributed by atoms with E-state index in [0.717, 1.165) is 18.5 Å². The zero-order valence-corrected chi connectivity index (χ0v) is 15.1. The molecule has 0 bridgehead atoms. The average Bonchev–Trinajstić information content (AvgIpc) is 2.63. The van der Waals surface area contributed by atoms with Crippen LogP contribution < -0.4 is 27.2 Å². The summed E-state index contributed by atoms with van der Waals surface area (Å²) < 4.78 is 1.31. The molecule has 0 saturated carbocycles. The molecular formula is C18H25N5O3. The van der Waals surface area contributed by atoms with Gasteiger partial charge in [0.05, 0.1) is 6.54 Å². The van der Waals surface area contributed by atoms with E-state index in [-0.39, 0.29) is 30.5 Å². The van der Waals surface area contributed by atoms with Crippen LogP contribution in [-0.2, 0) is 11.3 Å². The van der Waals surface area contributed by atoms with E-state index >= 15 is 0 Å². The number of nitrogens with one attached hydrogen (secondary N) is 2. The number of para-hydroxylation sites is 1. The van der Waals surface area contributed by atoms with Crippen molar-refractivity contribution in [1.82, 2.24) is 9.55 Å². The number of carbonyl (C=O) groups excluding carboxylic acids is 1. The van der Waals surface area contributed by atoms with Crippen LogP contribution in [0.2, 0.25) is 0 Å². The van der Waals surface area contributed by atoms with Gasteiger partial charge in [0, 0.05) is 18.8 Å². The molecule has 0 spiro atoms. The molecule has 1 heterocycles. The number of hydrogen-bond donors (Lipinski definition) is 3. The van der Waals surface area contributed by atoms with Gasteiger partial charge < -0.3 is 16.0 Å². The number of aromatic amines is 1. The van der Waals surface area contributed by atoms with Crippen molar-refractivity contribution < 1.29 is 4.79 Å². The Kier molecular flexibility index (Phi) is 6.60. The number of H-pyrrole nitrogens is 1. The number of benzene rings is 1. The van der Waals surface area contributed by atoms with Crippen LogP contribution in [0.1, 0.15) is 26.7 Å². The Balaban J connectivity index is 2.29. The lowest BCUT2D eigenvalue weighted by Gasteiger charge is -2.23. The molecule has 1 aromatic heterocycles. The summed E-state index contributed by atoms with van der Waals surface area (Å²) in [6.45, 7) is 4.39. The minimum absolute atomic E-state index is 0.00478. The first kappa shape index (κ1) is 19.3. The van der Waals surface area contributed by atoms with E-state index in [1.54, 1.807) is 6.92 Å². The molecule has 2 rings (SSSR count). The number of amides is 1. The lowest BCUT2D eigenvalue weighted by Crippen LogP contribution is -2.43. The summed E-state index contributed by atoms with van der Waals surface area (Å²) >= 11 is 0. The molecule has 8 heteroatoms. The zero-order valence-electron chi connectivity index (χ0n) is 15.1. The van der Waals surface area contributed by atoms with E-state index in [1.807, 2.05) is 37.3 Å². The molecule has 0 unspecified atom stereocenters. The van der Waals surface area contributed by atoms with Crippen molar-refractivity contribution in [2.45, 2.75) is 33.2 Å². The Bertz CT molecular complexity index is 857. The van der Waals surface area contributed by atoms with E-state index in [1.165, 1.54) is 9.47 Å². The predicted molar refractivity (Wildman–Crippen MR) is 104 cm³/mol. The first-order chi connectivity index (χ1) is 12.5. The molecule has 0 radical (unpaired) electrons. The minimum Gasteiger partial charge on any atom is -0.383 e. The van der Waals surface area contributed by atoms with E-state index in [0.29, 0.717) is 6.54 Å². The second-order valence-electron chi connectivity index (χ2n) is 5.86. The van der Waals surface area contributed by atoms with Crippen molar-refractivity contribution in [3.8, 4) is 0 Å². The quantitative estimate of drug-likeness (QED) is 0.659. The van der Waals surface area contributed by atoms with Gasteiger partial charge >= 0.3 is 5.69 Å². The number of likely N-dealkylation sites (N-methyl/N-ethyl adjacent to an activating group) is 1. The first-order valence-electron chi connectivity index (χ1n) is 8.71. The molecule has 0 aliphatic carbocycles. The Hall–Kier alpha value is -3.03. The number of hydrogen-bond acceptors (Lipinski definition) is 5. The number of unbranched alkanes of at least 4 members (excludes halogenated alkanes) is 1. The first-order valence-corrected chi connectivity index (χ1v) is 8.71. The normalized spacial score (nSPS) is 10.5. The number of nitrogen functional groups attached to an aromatic ring is 1. The third-order valence-corrected chi connectivity index (χ3v) is 4.05. The van der Waals surface area contributed by atoms with Gasteiger partial charge in [-0.2, -0.15) is 0 Å². The highest BCUT2D eigenvalue weighted by Gasteiger charge is 2.22. The largest absolute Gasteiger partial charge is 0.383 e. The number of carbonyl (C=O) groups is 1. The predicted octanol–water partition coefficient (Wildman–Crippen LogP) is 1.38. The molecule has 1 aromatic carbocycles. The monoisotopic (exact) mass is 359 g/mol. The van der Waals surface area contributed by atoms with Crippen molar-refractivity contribution in [1.29, 1.82) is 0 Å². The fourth-order valence-electron chi connectivity index (χ4n) is 2.66. The summed E-state index contributed by atoms with van der Waals surface area (Å²) in [6.07, 6.45) is 1.61. The van der Waals surface area contributed by atoms with Gasteiger partial charge in [0.15, 0.2) is 5.69 Å². The van der Waals surface area contributed by atoms with Gasteiger partial charge in [-0.25, -0.2) is 4.79 Å². The molecule has 4 N–H and O–H groups in total. The molecule has 26 heavy (non-hydrogen) atoms. The molecule has 0 atom stereocenters. The molecule has 2 aromatic rings. The Labute approximate surface area is 151 Å². The molecule has 0 aliphatic heterocycles. The fraction of sp³-hybridized carbons (Fsp3) is 0.389. The van der Waals surface area contributed by atoms with Gasteiger partial charge in [0.2, 0.25) is 5.91 Å². The van der Waals surface area contributed by atoms with Crippen LogP contribution in [0.3, 0.4) is 0 Å². The van der Waals surface area contributed by atoms with Crippen LogP contribution >= 0.6 is 0 Å². The highest BCUT2D eigenvalue weighted by Crippen LogP contribution is 2.17. The SMILES string of the molecule is CCCCn1c(N)c(N(CC)C(=O)CNc2ccccc2)c(=O)[nH]c1=O. The van der Waals surface area contributed by atoms with Crippen molar-refractivity contribution in [2.24, 2.45) is 0 Å². The highest BCUT2D eigenvalue weighted by atomic mass is 16.2. The van der Waals surface area contributed by atoms with E-state index in [2.05, 4.69) is 10.3 Å². The lowest BCUT2D eigenvalue weighted by molar-refractivity contribution is -0.116. The number of aromatic nitrogens is 2. The number of nitrogens with zero attached hydrogens (tertiary/aromatic N) is 2. The summed E-state index contributed by atoms with van der Waals surface area (Å²) in [5, 5.41) is 3.02. The maximum atomic E-state index is 12.6. The third kappa shape index (κ3) is 4.33. The summed E-state index contributed by atoms with van der Waals surface area (Å²) in [4.78, 5) is 40.5.